The van der Waals surface area contributed by atoms with E-state index in [0.29, 0.717) is 24.5 Å². The van der Waals surface area contributed by atoms with Crippen LogP contribution in [0.3, 0.4) is 0 Å². The van der Waals surface area contributed by atoms with Crippen molar-refractivity contribution in [1.29, 1.82) is 0 Å². The minimum Gasteiger partial charge on any atom is -0.396 e. The topological polar surface area (TPSA) is 37.3 Å². The molecule has 0 heterocycles. The molecule has 2 nitrogen and oxygen atoms in total. The predicted molar refractivity (Wildman–Crippen MR) is 52.4 cm³/mol. The molecule has 0 bridgehead atoms. The van der Waals surface area contributed by atoms with Crippen LogP contribution in [0.2, 0.25) is 0 Å². The van der Waals surface area contributed by atoms with Gasteiger partial charge in [0.15, 0.2) is 0 Å². The number of aliphatic hydroxyl groups is 1. The Morgan fingerprint density at radius 1 is 1.31 bits per heavy atom. The van der Waals surface area contributed by atoms with E-state index in [1.54, 1.807) is 0 Å². The maximum Gasteiger partial charge on any atom is 0.136 e. The summed E-state index contributed by atoms with van der Waals surface area (Å²) in [6.07, 6.45) is 5.78. The Hall–Kier alpha value is -0.370. The van der Waals surface area contributed by atoms with Crippen LogP contribution in [0.1, 0.15) is 45.4 Å². The van der Waals surface area contributed by atoms with Gasteiger partial charge in [-0.15, -0.1) is 0 Å². The minimum atomic E-state index is 0.148. The van der Waals surface area contributed by atoms with Gasteiger partial charge in [-0.25, -0.2) is 0 Å². The molecule has 76 valence electrons. The lowest BCUT2D eigenvalue weighted by Gasteiger charge is -2.24. The van der Waals surface area contributed by atoms with Gasteiger partial charge in [0.05, 0.1) is 0 Å². The molecule has 1 aliphatic carbocycles. The van der Waals surface area contributed by atoms with Gasteiger partial charge in [-0.1, -0.05) is 19.8 Å². The lowest BCUT2D eigenvalue weighted by molar-refractivity contribution is -0.124. The van der Waals surface area contributed by atoms with Gasteiger partial charge in [0.1, 0.15) is 5.78 Å². The summed E-state index contributed by atoms with van der Waals surface area (Å²) in [5, 5.41) is 8.60. The fraction of sp³-hybridized carbons (Fsp3) is 0.909. The maximum absolute atomic E-state index is 11.6. The van der Waals surface area contributed by atoms with Crippen LogP contribution in [0.15, 0.2) is 0 Å². The zero-order valence-electron chi connectivity index (χ0n) is 8.46. The molecule has 0 atom stereocenters. The molecular formula is C11H20O2. The number of Topliss-reactive ketones (excluding diaryl/α,β-unsaturated/α-hetero) is 1. The first-order chi connectivity index (χ1) is 6.24. The molecule has 1 fully saturated rings. The smallest absolute Gasteiger partial charge is 0.136 e. The van der Waals surface area contributed by atoms with Crippen molar-refractivity contribution < 1.29 is 9.90 Å². The summed E-state index contributed by atoms with van der Waals surface area (Å²) < 4.78 is 0. The van der Waals surface area contributed by atoms with E-state index in [1.165, 1.54) is 12.8 Å². The van der Waals surface area contributed by atoms with E-state index in [2.05, 4.69) is 6.92 Å². The fourth-order valence-corrected chi connectivity index (χ4v) is 2.04. The van der Waals surface area contributed by atoms with Crippen LogP contribution in [-0.4, -0.2) is 17.5 Å². The van der Waals surface area contributed by atoms with Crippen LogP contribution in [-0.2, 0) is 4.79 Å². The molecule has 0 spiro atoms. The Bertz CT molecular complexity index is 157. The third-order valence-corrected chi connectivity index (χ3v) is 3.05. The molecule has 2 heteroatoms. The zero-order chi connectivity index (χ0) is 9.68. The Labute approximate surface area is 80.3 Å². The quantitative estimate of drug-likeness (QED) is 0.727. The van der Waals surface area contributed by atoms with E-state index in [1.807, 2.05) is 0 Å². The van der Waals surface area contributed by atoms with E-state index in [-0.39, 0.29) is 6.61 Å². The van der Waals surface area contributed by atoms with Crippen LogP contribution in [0, 0.1) is 11.8 Å². The summed E-state index contributed by atoms with van der Waals surface area (Å²) >= 11 is 0. The van der Waals surface area contributed by atoms with Crippen molar-refractivity contribution in [3.8, 4) is 0 Å². The highest BCUT2D eigenvalue weighted by Crippen LogP contribution is 2.29. The second-order valence-corrected chi connectivity index (χ2v) is 4.25. The van der Waals surface area contributed by atoms with Crippen molar-refractivity contribution in [3.05, 3.63) is 0 Å². The SMILES string of the molecule is CC1CCC(C(=O)CCCO)CC1. The Kier molecular flexibility index (Phi) is 4.43. The summed E-state index contributed by atoms with van der Waals surface area (Å²) in [7, 11) is 0. The average Bonchev–Trinajstić information content (AvgIpc) is 2.15. The molecule has 13 heavy (non-hydrogen) atoms. The maximum atomic E-state index is 11.6. The standard InChI is InChI=1S/C11H20O2/c1-9-4-6-10(7-5-9)11(13)3-2-8-12/h9-10,12H,2-8H2,1H3. The Morgan fingerprint density at radius 2 is 1.92 bits per heavy atom. The number of hydrogen-bond acceptors (Lipinski definition) is 2. The average molecular weight is 184 g/mol. The van der Waals surface area contributed by atoms with Crippen molar-refractivity contribution in [1.82, 2.24) is 0 Å². The van der Waals surface area contributed by atoms with Gasteiger partial charge in [-0.05, 0) is 25.2 Å². The summed E-state index contributed by atoms with van der Waals surface area (Å²) in [4.78, 5) is 11.6. The molecule has 0 radical (unpaired) electrons. The van der Waals surface area contributed by atoms with Crippen molar-refractivity contribution in [2.75, 3.05) is 6.61 Å². The second-order valence-electron chi connectivity index (χ2n) is 4.25. The van der Waals surface area contributed by atoms with Gasteiger partial charge >= 0.3 is 0 Å². The van der Waals surface area contributed by atoms with Crippen LogP contribution < -0.4 is 0 Å². The van der Waals surface area contributed by atoms with E-state index in [4.69, 9.17) is 5.11 Å². The zero-order valence-corrected chi connectivity index (χ0v) is 8.46. The van der Waals surface area contributed by atoms with Gasteiger partial charge in [0.2, 0.25) is 0 Å². The summed E-state index contributed by atoms with van der Waals surface area (Å²) in [5.74, 6) is 1.49. The molecule has 0 unspecified atom stereocenters. The van der Waals surface area contributed by atoms with Gasteiger partial charge in [0, 0.05) is 18.9 Å². The molecule has 0 amide bonds. The Morgan fingerprint density at radius 3 is 2.46 bits per heavy atom. The number of carbonyl (C=O) groups is 1. The fourth-order valence-electron chi connectivity index (χ4n) is 2.04. The number of rotatable bonds is 4. The lowest BCUT2D eigenvalue weighted by atomic mass is 9.80. The van der Waals surface area contributed by atoms with Crippen molar-refractivity contribution >= 4 is 5.78 Å². The molecule has 1 rings (SSSR count). The third kappa shape index (κ3) is 3.47. The van der Waals surface area contributed by atoms with Gasteiger partial charge in [-0.2, -0.15) is 0 Å². The van der Waals surface area contributed by atoms with E-state index >= 15 is 0 Å². The van der Waals surface area contributed by atoms with Crippen LogP contribution in [0.4, 0.5) is 0 Å². The Balaban J connectivity index is 2.23. The summed E-state index contributed by atoms with van der Waals surface area (Å²) in [6, 6.07) is 0. The monoisotopic (exact) mass is 184 g/mol. The van der Waals surface area contributed by atoms with E-state index in [0.717, 1.165) is 18.8 Å². The normalized spacial score (nSPS) is 28.8. The molecule has 0 saturated heterocycles. The molecule has 1 saturated carbocycles. The molecule has 0 aromatic rings. The van der Waals surface area contributed by atoms with Crippen molar-refractivity contribution in [2.24, 2.45) is 11.8 Å². The van der Waals surface area contributed by atoms with E-state index in [9.17, 15) is 4.79 Å². The molecule has 0 aromatic carbocycles. The highest BCUT2D eigenvalue weighted by molar-refractivity contribution is 5.81. The van der Waals surface area contributed by atoms with Gasteiger partial charge < -0.3 is 5.11 Å². The third-order valence-electron chi connectivity index (χ3n) is 3.05. The first-order valence-corrected chi connectivity index (χ1v) is 5.37. The number of carbonyl (C=O) groups excluding carboxylic acids is 1. The first-order valence-electron chi connectivity index (χ1n) is 5.37. The summed E-state index contributed by atoms with van der Waals surface area (Å²) in [5.41, 5.74) is 0. The highest BCUT2D eigenvalue weighted by Gasteiger charge is 2.23. The number of aliphatic hydroxyl groups excluding tert-OH is 1. The van der Waals surface area contributed by atoms with E-state index < -0.39 is 0 Å². The van der Waals surface area contributed by atoms with Gasteiger partial charge in [0.25, 0.3) is 0 Å². The molecular weight excluding hydrogens is 164 g/mol. The van der Waals surface area contributed by atoms with Gasteiger partial charge in [-0.3, -0.25) is 4.79 Å². The molecule has 1 aliphatic rings. The molecule has 0 aliphatic heterocycles. The number of hydrogen-bond donors (Lipinski definition) is 1. The van der Waals surface area contributed by atoms with Crippen LogP contribution >= 0.6 is 0 Å². The molecule has 1 N–H and O–H groups in total. The second kappa shape index (κ2) is 5.38. The predicted octanol–water partition coefficient (Wildman–Crippen LogP) is 2.15. The summed E-state index contributed by atoms with van der Waals surface area (Å²) in [6.45, 7) is 2.41. The number of ketones is 1. The van der Waals surface area contributed by atoms with Crippen molar-refractivity contribution in [2.45, 2.75) is 45.4 Å². The lowest BCUT2D eigenvalue weighted by Crippen LogP contribution is -2.20. The largest absolute Gasteiger partial charge is 0.396 e. The molecule has 0 aromatic heterocycles. The van der Waals surface area contributed by atoms with Crippen LogP contribution in [0.5, 0.6) is 0 Å². The highest BCUT2D eigenvalue weighted by atomic mass is 16.3. The minimum absolute atomic E-state index is 0.148. The first kappa shape index (κ1) is 10.7. The van der Waals surface area contributed by atoms with Crippen molar-refractivity contribution in [3.63, 3.8) is 0 Å². The van der Waals surface area contributed by atoms with Crippen LogP contribution in [0.25, 0.3) is 0 Å².